The Kier molecular flexibility index (Phi) is 3.76. The number of hydrazine groups is 1. The summed E-state index contributed by atoms with van der Waals surface area (Å²) >= 11 is 0. The zero-order chi connectivity index (χ0) is 14.1. The molecule has 1 aliphatic heterocycles. The van der Waals surface area contributed by atoms with E-state index in [1.165, 1.54) is 12.8 Å². The van der Waals surface area contributed by atoms with Crippen LogP contribution in [0, 0.1) is 5.92 Å². The first-order chi connectivity index (χ1) is 9.70. The van der Waals surface area contributed by atoms with Gasteiger partial charge in [0, 0.05) is 12.2 Å². The molecule has 2 heterocycles. The molecular formula is C14H23N5O. The third-order valence-electron chi connectivity index (χ3n) is 4.14. The lowest BCUT2D eigenvalue weighted by Gasteiger charge is -2.23. The lowest BCUT2D eigenvalue weighted by molar-refractivity contribution is 0.0898. The molecule has 1 saturated carbocycles. The second kappa shape index (κ2) is 5.54. The molecule has 2 atom stereocenters. The standard InChI is InChI=1S/C14H23N5O/c1-8(2)11-13(16-7-17-14(11)19-15)18-10-5-6-20-12(10)9-3-4-9/h7-10,12H,3-6,15H2,1-2H3,(H2,16,17,18,19). The molecule has 3 rings (SSSR count). The van der Waals surface area contributed by atoms with Crippen molar-refractivity contribution in [3.05, 3.63) is 11.9 Å². The maximum Gasteiger partial charge on any atom is 0.148 e. The number of nitrogens with two attached hydrogens (primary N) is 1. The van der Waals surface area contributed by atoms with E-state index in [1.807, 2.05) is 0 Å². The summed E-state index contributed by atoms with van der Waals surface area (Å²) in [5.41, 5.74) is 3.70. The monoisotopic (exact) mass is 277 g/mol. The average Bonchev–Trinajstić information content (AvgIpc) is 3.18. The Balaban J connectivity index is 1.82. The van der Waals surface area contributed by atoms with Crippen molar-refractivity contribution in [2.45, 2.75) is 51.2 Å². The molecular weight excluding hydrogens is 254 g/mol. The number of nitrogen functional groups attached to an aromatic ring is 1. The molecule has 1 aromatic rings. The van der Waals surface area contributed by atoms with Gasteiger partial charge in [-0.3, -0.25) is 0 Å². The Morgan fingerprint density at radius 1 is 1.25 bits per heavy atom. The minimum atomic E-state index is 0.298. The largest absolute Gasteiger partial charge is 0.376 e. The highest BCUT2D eigenvalue weighted by atomic mass is 16.5. The van der Waals surface area contributed by atoms with Gasteiger partial charge in [-0.15, -0.1) is 0 Å². The molecule has 0 bridgehead atoms. The summed E-state index contributed by atoms with van der Waals surface area (Å²) in [6, 6.07) is 0.348. The minimum Gasteiger partial charge on any atom is -0.376 e. The Bertz CT molecular complexity index is 475. The first-order valence-corrected chi connectivity index (χ1v) is 7.40. The molecule has 1 aliphatic carbocycles. The zero-order valence-electron chi connectivity index (χ0n) is 12.1. The van der Waals surface area contributed by atoms with Crippen LogP contribution < -0.4 is 16.6 Å². The predicted molar refractivity (Wildman–Crippen MR) is 78.4 cm³/mol. The van der Waals surface area contributed by atoms with E-state index in [-0.39, 0.29) is 0 Å². The molecule has 6 nitrogen and oxygen atoms in total. The first kappa shape index (κ1) is 13.6. The molecule has 0 radical (unpaired) electrons. The minimum absolute atomic E-state index is 0.298. The number of rotatable bonds is 5. The maximum atomic E-state index is 5.87. The van der Waals surface area contributed by atoms with Gasteiger partial charge in [0.1, 0.15) is 18.0 Å². The number of nitrogens with one attached hydrogen (secondary N) is 2. The van der Waals surface area contributed by atoms with Crippen LogP contribution >= 0.6 is 0 Å². The van der Waals surface area contributed by atoms with Crippen LogP contribution in [-0.2, 0) is 4.74 Å². The van der Waals surface area contributed by atoms with Crippen LogP contribution in [0.3, 0.4) is 0 Å². The summed E-state index contributed by atoms with van der Waals surface area (Å²) < 4.78 is 5.87. The molecule has 2 aliphatic rings. The van der Waals surface area contributed by atoms with Crippen molar-refractivity contribution in [3.8, 4) is 0 Å². The van der Waals surface area contributed by atoms with Gasteiger partial charge in [-0.25, -0.2) is 15.8 Å². The van der Waals surface area contributed by atoms with Crippen LogP contribution in [0.25, 0.3) is 0 Å². The van der Waals surface area contributed by atoms with Crippen LogP contribution in [0.2, 0.25) is 0 Å². The van der Waals surface area contributed by atoms with E-state index < -0.39 is 0 Å². The van der Waals surface area contributed by atoms with Crippen molar-refractivity contribution in [1.82, 2.24) is 9.97 Å². The van der Waals surface area contributed by atoms with E-state index in [9.17, 15) is 0 Å². The van der Waals surface area contributed by atoms with Crippen LogP contribution in [0.15, 0.2) is 6.33 Å². The van der Waals surface area contributed by atoms with E-state index in [2.05, 4.69) is 34.6 Å². The second-order valence-corrected chi connectivity index (χ2v) is 6.00. The summed E-state index contributed by atoms with van der Waals surface area (Å²) in [7, 11) is 0. The molecule has 0 amide bonds. The molecule has 0 aromatic carbocycles. The van der Waals surface area contributed by atoms with E-state index in [4.69, 9.17) is 10.6 Å². The molecule has 20 heavy (non-hydrogen) atoms. The molecule has 4 N–H and O–H groups in total. The van der Waals surface area contributed by atoms with E-state index >= 15 is 0 Å². The smallest absolute Gasteiger partial charge is 0.148 e. The molecule has 0 spiro atoms. The second-order valence-electron chi connectivity index (χ2n) is 6.00. The Morgan fingerprint density at radius 3 is 2.65 bits per heavy atom. The van der Waals surface area contributed by atoms with Gasteiger partial charge < -0.3 is 15.5 Å². The fraction of sp³-hybridized carbons (Fsp3) is 0.714. The van der Waals surface area contributed by atoms with Gasteiger partial charge >= 0.3 is 0 Å². The lowest BCUT2D eigenvalue weighted by atomic mass is 10.0. The van der Waals surface area contributed by atoms with Gasteiger partial charge in [0.2, 0.25) is 0 Å². The molecule has 110 valence electrons. The lowest BCUT2D eigenvalue weighted by Crippen LogP contribution is -2.32. The number of ether oxygens (including phenoxy) is 1. The number of anilines is 2. The molecule has 1 aromatic heterocycles. The van der Waals surface area contributed by atoms with Gasteiger partial charge in [-0.2, -0.15) is 0 Å². The van der Waals surface area contributed by atoms with Gasteiger partial charge in [0.05, 0.1) is 12.1 Å². The normalized spacial score (nSPS) is 26.0. The fourth-order valence-corrected chi connectivity index (χ4v) is 3.00. The molecule has 1 saturated heterocycles. The van der Waals surface area contributed by atoms with Crippen LogP contribution in [0.5, 0.6) is 0 Å². The van der Waals surface area contributed by atoms with Crippen molar-refractivity contribution >= 4 is 11.6 Å². The Morgan fingerprint density at radius 2 is 2.00 bits per heavy atom. The molecule has 2 unspecified atom stereocenters. The summed E-state index contributed by atoms with van der Waals surface area (Å²) in [4.78, 5) is 8.61. The van der Waals surface area contributed by atoms with Crippen LogP contribution in [0.4, 0.5) is 11.6 Å². The van der Waals surface area contributed by atoms with Gasteiger partial charge in [-0.1, -0.05) is 13.8 Å². The third-order valence-corrected chi connectivity index (χ3v) is 4.14. The van der Waals surface area contributed by atoms with Crippen LogP contribution in [-0.4, -0.2) is 28.7 Å². The summed E-state index contributed by atoms with van der Waals surface area (Å²) in [6.45, 7) is 5.07. The number of hydrogen-bond acceptors (Lipinski definition) is 6. The summed E-state index contributed by atoms with van der Waals surface area (Å²) in [5.74, 6) is 8.16. The van der Waals surface area contributed by atoms with E-state index in [0.717, 1.165) is 30.3 Å². The van der Waals surface area contributed by atoms with Crippen molar-refractivity contribution in [2.75, 3.05) is 17.3 Å². The summed E-state index contributed by atoms with van der Waals surface area (Å²) in [6.07, 6.45) is 5.50. The number of hydrogen-bond donors (Lipinski definition) is 3. The Hall–Kier alpha value is -1.40. The molecule has 6 heteroatoms. The van der Waals surface area contributed by atoms with Crippen molar-refractivity contribution < 1.29 is 4.74 Å². The summed E-state index contributed by atoms with van der Waals surface area (Å²) in [5, 5.41) is 3.57. The quantitative estimate of drug-likeness (QED) is 0.563. The van der Waals surface area contributed by atoms with E-state index in [0.29, 0.717) is 23.9 Å². The highest BCUT2D eigenvalue weighted by Crippen LogP contribution is 2.40. The topological polar surface area (TPSA) is 85.1 Å². The SMILES string of the molecule is CC(C)c1c(NN)ncnc1NC1CCOC1C1CC1. The van der Waals surface area contributed by atoms with Gasteiger partial charge in [0.25, 0.3) is 0 Å². The highest BCUT2D eigenvalue weighted by molar-refractivity contribution is 5.59. The average molecular weight is 277 g/mol. The zero-order valence-corrected chi connectivity index (χ0v) is 12.1. The first-order valence-electron chi connectivity index (χ1n) is 7.40. The predicted octanol–water partition coefficient (Wildman–Crippen LogP) is 1.87. The van der Waals surface area contributed by atoms with Crippen molar-refractivity contribution in [1.29, 1.82) is 0 Å². The van der Waals surface area contributed by atoms with Gasteiger partial charge in [0.15, 0.2) is 0 Å². The van der Waals surface area contributed by atoms with Crippen molar-refractivity contribution in [3.63, 3.8) is 0 Å². The maximum absolute atomic E-state index is 5.87. The number of nitrogens with zero attached hydrogens (tertiary/aromatic N) is 2. The number of aromatic nitrogens is 2. The van der Waals surface area contributed by atoms with Gasteiger partial charge in [-0.05, 0) is 31.1 Å². The third kappa shape index (κ3) is 2.58. The molecule has 2 fully saturated rings. The Labute approximate surface area is 119 Å². The van der Waals surface area contributed by atoms with Crippen LogP contribution in [0.1, 0.15) is 44.6 Å². The highest BCUT2D eigenvalue weighted by Gasteiger charge is 2.41. The fourth-order valence-electron chi connectivity index (χ4n) is 3.00. The van der Waals surface area contributed by atoms with E-state index in [1.54, 1.807) is 6.33 Å². The van der Waals surface area contributed by atoms with Crippen molar-refractivity contribution in [2.24, 2.45) is 11.8 Å².